The number of allylic oxidation sites excluding steroid dienone is 17. The third kappa shape index (κ3) is 37.7. The molecule has 14 heteroatoms. The first-order valence-corrected chi connectivity index (χ1v) is 32.6. The van der Waals surface area contributed by atoms with E-state index in [0.717, 1.165) is 109 Å². The minimum Gasteiger partial charge on any atom is -0.394 e. The summed E-state index contributed by atoms with van der Waals surface area (Å²) in [7, 11) is 0. The predicted molar refractivity (Wildman–Crippen MR) is 336 cm³/mol. The number of hydrogen-bond acceptors (Lipinski definition) is 13. The van der Waals surface area contributed by atoms with Crippen LogP contribution in [0.1, 0.15) is 226 Å². The molecule has 1 amide bonds. The monoisotopic (exact) mass is 1170 g/mol. The largest absolute Gasteiger partial charge is 0.394 e. The van der Waals surface area contributed by atoms with Crippen LogP contribution < -0.4 is 5.32 Å². The third-order valence-electron chi connectivity index (χ3n) is 15.2. The fourth-order valence-electron chi connectivity index (χ4n) is 10.0. The van der Waals surface area contributed by atoms with Gasteiger partial charge in [-0.1, -0.05) is 245 Å². The molecule has 0 spiro atoms. The molecule has 0 aromatic carbocycles. The zero-order valence-electron chi connectivity index (χ0n) is 51.4. The summed E-state index contributed by atoms with van der Waals surface area (Å²) in [5.41, 5.74) is 0. The molecule has 2 fully saturated rings. The van der Waals surface area contributed by atoms with E-state index >= 15 is 0 Å². The lowest BCUT2D eigenvalue weighted by atomic mass is 9.97. The average Bonchev–Trinajstić information content (AvgIpc) is 3.64. The average molecular weight is 1170 g/mol. The first kappa shape index (κ1) is 75.7. The van der Waals surface area contributed by atoms with E-state index in [0.29, 0.717) is 6.42 Å². The smallest absolute Gasteiger partial charge is 0.220 e. The number of nitrogens with one attached hydrogen (secondary N) is 1. The summed E-state index contributed by atoms with van der Waals surface area (Å²) in [4.78, 5) is 13.3. The highest BCUT2D eigenvalue weighted by atomic mass is 16.7. The Morgan fingerprint density at radius 1 is 0.446 bits per heavy atom. The van der Waals surface area contributed by atoms with Gasteiger partial charge in [-0.3, -0.25) is 4.79 Å². The number of hydrogen-bond donors (Lipinski definition) is 9. The van der Waals surface area contributed by atoms with Crippen LogP contribution in [0.4, 0.5) is 0 Å². The fourth-order valence-corrected chi connectivity index (χ4v) is 10.0. The van der Waals surface area contributed by atoms with Crippen LogP contribution >= 0.6 is 0 Å². The van der Waals surface area contributed by atoms with E-state index in [-0.39, 0.29) is 18.9 Å². The SMILES string of the molecule is CC/C=C\C/C=C\C/C=C\C/C=C\C/C=C\C/C=C\C/C=C\C/C=C\CCCCCCCCC(=O)NC(COC1OC(CO)C(OC2OC(CO)C(O)C(O)C2O)C(O)C1O)C(O)/C=C/CCCCCCCCCCCCCCCCCC. The fraction of sp³-hybridized carbons (Fsp3) is 0.725. The Bertz CT molecular complexity index is 1810. The Kier molecular flexibility index (Phi) is 48.3. The predicted octanol–water partition coefficient (Wildman–Crippen LogP) is 12.4. The summed E-state index contributed by atoms with van der Waals surface area (Å²) >= 11 is 0. The van der Waals surface area contributed by atoms with Crippen molar-refractivity contribution < 1.29 is 64.6 Å². The summed E-state index contributed by atoms with van der Waals surface area (Å²) in [6.45, 7) is 2.67. The first-order valence-electron chi connectivity index (χ1n) is 32.6. The van der Waals surface area contributed by atoms with E-state index in [1.54, 1.807) is 6.08 Å². The van der Waals surface area contributed by atoms with Crippen molar-refractivity contribution in [1.29, 1.82) is 0 Å². The van der Waals surface area contributed by atoms with E-state index < -0.39 is 86.8 Å². The molecule has 9 N–H and O–H groups in total. The van der Waals surface area contributed by atoms with E-state index in [9.17, 15) is 45.6 Å². The second-order valence-corrected chi connectivity index (χ2v) is 22.5. The Hall–Kier alpha value is -3.35. The number of unbranched alkanes of at least 4 members (excludes halogenated alkanes) is 22. The molecule has 476 valence electrons. The van der Waals surface area contributed by atoms with Crippen molar-refractivity contribution in [3.8, 4) is 0 Å². The Labute approximate surface area is 502 Å². The summed E-state index contributed by atoms with van der Waals surface area (Å²) < 4.78 is 22.8. The van der Waals surface area contributed by atoms with Gasteiger partial charge in [-0.15, -0.1) is 0 Å². The van der Waals surface area contributed by atoms with Crippen LogP contribution in [0.5, 0.6) is 0 Å². The van der Waals surface area contributed by atoms with Gasteiger partial charge in [0.25, 0.3) is 0 Å². The molecule has 12 unspecified atom stereocenters. The lowest BCUT2D eigenvalue weighted by Gasteiger charge is -2.46. The number of amides is 1. The molecule has 12 atom stereocenters. The number of rotatable bonds is 51. The van der Waals surface area contributed by atoms with Crippen LogP contribution in [-0.4, -0.2) is 140 Å². The van der Waals surface area contributed by atoms with Gasteiger partial charge < -0.3 is 65.1 Å². The van der Waals surface area contributed by atoms with Crippen molar-refractivity contribution in [2.24, 2.45) is 0 Å². The molecule has 2 saturated heterocycles. The molecule has 0 radical (unpaired) electrons. The van der Waals surface area contributed by atoms with Gasteiger partial charge in [0.05, 0.1) is 32.0 Å². The lowest BCUT2D eigenvalue weighted by Crippen LogP contribution is -2.65. The van der Waals surface area contributed by atoms with E-state index in [1.807, 2.05) is 6.08 Å². The van der Waals surface area contributed by atoms with E-state index in [1.165, 1.54) is 89.9 Å². The van der Waals surface area contributed by atoms with Crippen LogP contribution in [0.25, 0.3) is 0 Å². The standard InChI is InChI=1S/C69H117NO13/c1-3-5-7-9-11-13-15-17-19-21-23-24-25-26-27-28-29-30-31-32-33-34-35-37-39-41-43-45-47-49-51-53-61(74)70-57(58(73)52-50-48-46-44-42-40-38-36-22-20-18-16-14-12-10-8-6-4-2)56-80-68-66(79)64(77)67(60(55-72)82-68)83-69-65(78)63(76)62(75)59(54-71)81-69/h5,7,11,13,17,19,23-24,26-27,29-30,32-33,35,37,50,52,57-60,62-69,71-73,75-79H,3-4,6,8-10,12,14-16,18,20-22,25,28,31,34,36,38-49,51,53-56H2,1-2H3,(H,70,74)/b7-5-,13-11-,19-17-,24-23-,27-26-,30-29-,33-32-,37-35-,52-50+. The molecule has 2 heterocycles. The number of carbonyl (C=O) groups is 1. The highest BCUT2D eigenvalue weighted by molar-refractivity contribution is 5.76. The van der Waals surface area contributed by atoms with Gasteiger partial charge in [-0.2, -0.15) is 0 Å². The van der Waals surface area contributed by atoms with Crippen molar-refractivity contribution >= 4 is 5.91 Å². The second-order valence-electron chi connectivity index (χ2n) is 22.5. The molecule has 14 nitrogen and oxygen atoms in total. The molecule has 0 aliphatic carbocycles. The van der Waals surface area contributed by atoms with E-state index in [2.05, 4.69) is 116 Å². The van der Waals surface area contributed by atoms with Gasteiger partial charge in [-0.25, -0.2) is 0 Å². The van der Waals surface area contributed by atoms with Gasteiger partial charge in [0, 0.05) is 6.42 Å². The minimum atomic E-state index is -1.80. The highest BCUT2D eigenvalue weighted by Gasteiger charge is 2.51. The van der Waals surface area contributed by atoms with Gasteiger partial charge in [-0.05, 0) is 83.5 Å². The molecular formula is C69H117NO13. The number of aliphatic hydroxyl groups excluding tert-OH is 8. The van der Waals surface area contributed by atoms with Crippen molar-refractivity contribution in [1.82, 2.24) is 5.32 Å². The van der Waals surface area contributed by atoms with Crippen LogP contribution in [0.3, 0.4) is 0 Å². The maximum atomic E-state index is 13.3. The van der Waals surface area contributed by atoms with Crippen LogP contribution in [0.2, 0.25) is 0 Å². The summed E-state index contributed by atoms with van der Waals surface area (Å²) in [6, 6.07) is -0.931. The number of carbonyl (C=O) groups excluding carboxylic acids is 1. The zero-order valence-corrected chi connectivity index (χ0v) is 51.4. The molecule has 0 aromatic heterocycles. The van der Waals surface area contributed by atoms with Gasteiger partial charge >= 0.3 is 0 Å². The molecule has 2 aliphatic rings. The Morgan fingerprint density at radius 3 is 1.28 bits per heavy atom. The van der Waals surface area contributed by atoms with E-state index in [4.69, 9.17) is 18.9 Å². The number of ether oxygens (including phenoxy) is 4. The van der Waals surface area contributed by atoms with Crippen LogP contribution in [0.15, 0.2) is 109 Å². The first-order chi connectivity index (χ1) is 40.6. The second kappa shape index (κ2) is 52.9. The van der Waals surface area contributed by atoms with Crippen molar-refractivity contribution in [3.63, 3.8) is 0 Å². The summed E-state index contributed by atoms with van der Waals surface area (Å²) in [5.74, 6) is -0.258. The molecule has 0 bridgehead atoms. The molecule has 0 saturated carbocycles. The Balaban J connectivity index is 1.72. The highest BCUT2D eigenvalue weighted by Crippen LogP contribution is 2.30. The van der Waals surface area contributed by atoms with Gasteiger partial charge in [0.15, 0.2) is 12.6 Å². The van der Waals surface area contributed by atoms with Crippen molar-refractivity contribution in [2.75, 3.05) is 19.8 Å². The molecule has 2 rings (SSSR count). The van der Waals surface area contributed by atoms with Crippen molar-refractivity contribution in [2.45, 2.75) is 299 Å². The molecular weight excluding hydrogens is 1050 g/mol. The zero-order chi connectivity index (χ0) is 60.2. The minimum absolute atomic E-state index is 0.257. The summed E-state index contributed by atoms with van der Waals surface area (Å²) in [6.07, 6.45) is 58.3. The normalized spacial score (nSPS) is 24.6. The maximum Gasteiger partial charge on any atom is 0.220 e. The maximum absolute atomic E-state index is 13.3. The third-order valence-corrected chi connectivity index (χ3v) is 15.2. The van der Waals surface area contributed by atoms with Gasteiger partial charge in [0.2, 0.25) is 5.91 Å². The van der Waals surface area contributed by atoms with Crippen molar-refractivity contribution in [3.05, 3.63) is 109 Å². The summed E-state index contributed by atoms with van der Waals surface area (Å²) in [5, 5.41) is 87.3. The lowest BCUT2D eigenvalue weighted by molar-refractivity contribution is -0.359. The topological polar surface area (TPSA) is 228 Å². The Morgan fingerprint density at radius 2 is 0.831 bits per heavy atom. The van der Waals surface area contributed by atoms with Crippen LogP contribution in [0, 0.1) is 0 Å². The molecule has 0 aromatic rings. The van der Waals surface area contributed by atoms with Gasteiger partial charge in [0.1, 0.15) is 48.8 Å². The molecule has 2 aliphatic heterocycles. The van der Waals surface area contributed by atoms with Crippen LogP contribution in [-0.2, 0) is 23.7 Å². The molecule has 83 heavy (non-hydrogen) atoms. The number of aliphatic hydroxyl groups is 8. The quantitative estimate of drug-likeness (QED) is 0.0204.